The third-order valence-electron chi connectivity index (χ3n) is 5.05. The Hall–Kier alpha value is -3.87. The highest BCUT2D eigenvalue weighted by atomic mass is 19.1. The van der Waals surface area contributed by atoms with Crippen molar-refractivity contribution < 1.29 is 18.7 Å². The van der Waals surface area contributed by atoms with Crippen LogP contribution in [-0.2, 0) is 4.79 Å². The second-order valence-electron chi connectivity index (χ2n) is 7.39. The van der Waals surface area contributed by atoms with Crippen LogP contribution in [0.5, 0.6) is 5.75 Å². The van der Waals surface area contributed by atoms with Crippen molar-refractivity contribution in [1.82, 2.24) is 10.6 Å². The zero-order valence-corrected chi connectivity index (χ0v) is 17.8. The fraction of sp³-hybridized carbons (Fsp3) is 0.200. The Kier molecular flexibility index (Phi) is 7.80. The summed E-state index contributed by atoms with van der Waals surface area (Å²) in [5, 5.41) is 5.58. The number of urea groups is 1. The van der Waals surface area contributed by atoms with Crippen LogP contribution in [0.1, 0.15) is 35.2 Å². The molecule has 2 atom stereocenters. The number of primary amides is 1. The average Bonchev–Trinajstić information content (AvgIpc) is 2.78. The van der Waals surface area contributed by atoms with Crippen LogP contribution in [0.4, 0.5) is 9.18 Å². The second-order valence-corrected chi connectivity index (χ2v) is 7.39. The number of hydrogen-bond acceptors (Lipinski definition) is 3. The molecule has 7 heteroatoms. The molecule has 0 aliphatic heterocycles. The van der Waals surface area contributed by atoms with Crippen molar-refractivity contribution in [3.63, 3.8) is 0 Å². The molecule has 0 radical (unpaired) electrons. The molecule has 3 amide bonds. The molecule has 6 nitrogen and oxygen atoms in total. The van der Waals surface area contributed by atoms with Gasteiger partial charge in [0.25, 0.3) is 0 Å². The molecular formula is C25H26FN3O3. The molecule has 3 aromatic carbocycles. The molecule has 0 aromatic heterocycles. The highest BCUT2D eigenvalue weighted by molar-refractivity contribution is 5.79. The predicted octanol–water partition coefficient (Wildman–Crippen LogP) is 4.17. The summed E-state index contributed by atoms with van der Waals surface area (Å²) in [5.74, 6) is -0.676. The molecule has 2 unspecified atom stereocenters. The van der Waals surface area contributed by atoms with E-state index in [1.54, 1.807) is 12.1 Å². The quantitative estimate of drug-likeness (QED) is 0.471. The molecule has 0 heterocycles. The van der Waals surface area contributed by atoms with E-state index in [0.717, 1.165) is 16.7 Å². The van der Waals surface area contributed by atoms with E-state index in [1.165, 1.54) is 12.1 Å². The van der Waals surface area contributed by atoms with Gasteiger partial charge in [-0.3, -0.25) is 4.79 Å². The Bertz CT molecular complexity index is 1060. The van der Waals surface area contributed by atoms with E-state index in [2.05, 4.69) is 10.6 Å². The van der Waals surface area contributed by atoms with E-state index < -0.39 is 23.9 Å². The SMILES string of the molecule is Cc1ccccc1C(CC(=O)NC(COc1ccccc1F)c1ccccc1)NC(N)=O. The van der Waals surface area contributed by atoms with Crippen LogP contribution < -0.4 is 21.1 Å². The van der Waals surface area contributed by atoms with Crippen LogP contribution in [0.25, 0.3) is 0 Å². The Morgan fingerprint density at radius 2 is 1.56 bits per heavy atom. The molecule has 0 bridgehead atoms. The topological polar surface area (TPSA) is 93.4 Å². The molecule has 3 aromatic rings. The van der Waals surface area contributed by atoms with Crippen LogP contribution >= 0.6 is 0 Å². The van der Waals surface area contributed by atoms with Crippen molar-refractivity contribution in [2.45, 2.75) is 25.4 Å². The van der Waals surface area contributed by atoms with Gasteiger partial charge in [-0.25, -0.2) is 9.18 Å². The minimum Gasteiger partial charge on any atom is -0.488 e. The lowest BCUT2D eigenvalue weighted by Gasteiger charge is -2.23. The molecule has 32 heavy (non-hydrogen) atoms. The summed E-state index contributed by atoms with van der Waals surface area (Å²) in [6.45, 7) is 1.94. The molecule has 0 saturated heterocycles. The number of halogens is 1. The summed E-state index contributed by atoms with van der Waals surface area (Å²) < 4.78 is 19.6. The smallest absolute Gasteiger partial charge is 0.312 e. The lowest BCUT2D eigenvalue weighted by molar-refractivity contribution is -0.122. The highest BCUT2D eigenvalue weighted by Gasteiger charge is 2.22. The number of hydrogen-bond donors (Lipinski definition) is 3. The molecule has 0 fully saturated rings. The molecule has 166 valence electrons. The highest BCUT2D eigenvalue weighted by Crippen LogP contribution is 2.23. The number of nitrogens with one attached hydrogen (secondary N) is 2. The fourth-order valence-corrected chi connectivity index (χ4v) is 3.47. The normalized spacial score (nSPS) is 12.4. The number of nitrogens with two attached hydrogens (primary N) is 1. The first-order valence-corrected chi connectivity index (χ1v) is 10.3. The van der Waals surface area contributed by atoms with Gasteiger partial charge in [-0.05, 0) is 35.7 Å². The number of aryl methyl sites for hydroxylation is 1. The van der Waals surface area contributed by atoms with Gasteiger partial charge < -0.3 is 21.1 Å². The monoisotopic (exact) mass is 435 g/mol. The molecule has 0 aliphatic rings. The number of carbonyl (C=O) groups excluding carboxylic acids is 2. The lowest BCUT2D eigenvalue weighted by Crippen LogP contribution is -2.38. The van der Waals surface area contributed by atoms with Crippen LogP contribution in [0.2, 0.25) is 0 Å². The Labute approximate surface area is 186 Å². The Balaban J connectivity index is 1.75. The number of rotatable bonds is 9. The van der Waals surface area contributed by atoms with Crippen molar-refractivity contribution in [2.75, 3.05) is 6.61 Å². The van der Waals surface area contributed by atoms with Crippen molar-refractivity contribution in [2.24, 2.45) is 5.73 Å². The first-order chi connectivity index (χ1) is 15.4. The van der Waals surface area contributed by atoms with Crippen LogP contribution in [0, 0.1) is 12.7 Å². The van der Waals surface area contributed by atoms with Gasteiger partial charge in [-0.1, -0.05) is 66.7 Å². The summed E-state index contributed by atoms with van der Waals surface area (Å²) in [5.41, 5.74) is 7.89. The van der Waals surface area contributed by atoms with Gasteiger partial charge in [0.1, 0.15) is 6.61 Å². The van der Waals surface area contributed by atoms with Gasteiger partial charge in [0, 0.05) is 0 Å². The summed E-state index contributed by atoms with van der Waals surface area (Å²) in [4.78, 5) is 24.5. The minimum absolute atomic E-state index is 0.0170. The van der Waals surface area contributed by atoms with E-state index in [-0.39, 0.29) is 24.7 Å². The maximum Gasteiger partial charge on any atom is 0.312 e. The molecule has 0 spiro atoms. The molecule has 0 aliphatic carbocycles. The van der Waals surface area contributed by atoms with Crippen LogP contribution in [0.15, 0.2) is 78.9 Å². The average molecular weight is 435 g/mol. The zero-order chi connectivity index (χ0) is 22.9. The molecular weight excluding hydrogens is 409 g/mol. The van der Waals surface area contributed by atoms with E-state index >= 15 is 0 Å². The van der Waals surface area contributed by atoms with Crippen molar-refractivity contribution in [3.05, 3.63) is 101 Å². The molecule has 4 N–H and O–H groups in total. The van der Waals surface area contributed by atoms with Gasteiger partial charge >= 0.3 is 6.03 Å². The summed E-state index contributed by atoms with van der Waals surface area (Å²) in [6.07, 6.45) is -0.0170. The fourth-order valence-electron chi connectivity index (χ4n) is 3.47. The largest absolute Gasteiger partial charge is 0.488 e. The third-order valence-corrected chi connectivity index (χ3v) is 5.05. The molecule has 0 saturated carbocycles. The van der Waals surface area contributed by atoms with Gasteiger partial charge in [-0.15, -0.1) is 0 Å². The maximum absolute atomic E-state index is 14.0. The van der Waals surface area contributed by atoms with E-state index in [9.17, 15) is 14.0 Å². The Morgan fingerprint density at radius 1 is 0.906 bits per heavy atom. The van der Waals surface area contributed by atoms with Crippen LogP contribution in [0.3, 0.4) is 0 Å². The van der Waals surface area contributed by atoms with Gasteiger partial charge in [0.05, 0.1) is 18.5 Å². The van der Waals surface area contributed by atoms with E-state index in [1.807, 2.05) is 61.5 Å². The van der Waals surface area contributed by atoms with Crippen molar-refractivity contribution in [3.8, 4) is 5.75 Å². The minimum atomic E-state index is -0.714. The second kappa shape index (κ2) is 10.9. The lowest BCUT2D eigenvalue weighted by atomic mass is 9.98. The summed E-state index contributed by atoms with van der Waals surface area (Å²) in [6, 6.07) is 21.0. The zero-order valence-electron chi connectivity index (χ0n) is 17.8. The van der Waals surface area contributed by atoms with E-state index in [0.29, 0.717) is 0 Å². The number of benzene rings is 3. The van der Waals surface area contributed by atoms with E-state index in [4.69, 9.17) is 10.5 Å². The van der Waals surface area contributed by atoms with Crippen molar-refractivity contribution >= 4 is 11.9 Å². The molecule has 3 rings (SSSR count). The summed E-state index contributed by atoms with van der Waals surface area (Å²) >= 11 is 0. The standard InChI is InChI=1S/C25H26FN3O3/c1-17-9-5-6-12-19(17)21(29-25(27)31)15-24(30)28-22(18-10-3-2-4-11-18)16-32-23-14-8-7-13-20(23)26/h2-14,21-22H,15-16H2,1H3,(H,28,30)(H3,27,29,31). The van der Waals surface area contributed by atoms with Crippen molar-refractivity contribution in [1.29, 1.82) is 0 Å². The van der Waals surface area contributed by atoms with Gasteiger partial charge in [0.2, 0.25) is 5.91 Å². The number of ether oxygens (including phenoxy) is 1. The first kappa shape index (κ1) is 22.8. The number of amides is 3. The number of carbonyl (C=O) groups is 2. The number of para-hydroxylation sites is 1. The van der Waals surface area contributed by atoms with Crippen LogP contribution in [-0.4, -0.2) is 18.5 Å². The van der Waals surface area contributed by atoms with Gasteiger partial charge in [0.15, 0.2) is 11.6 Å². The summed E-state index contributed by atoms with van der Waals surface area (Å²) in [7, 11) is 0. The predicted molar refractivity (Wildman–Crippen MR) is 120 cm³/mol. The first-order valence-electron chi connectivity index (χ1n) is 10.3. The van der Waals surface area contributed by atoms with Gasteiger partial charge in [-0.2, -0.15) is 0 Å². The Morgan fingerprint density at radius 3 is 2.25 bits per heavy atom. The maximum atomic E-state index is 14.0. The third kappa shape index (κ3) is 6.31.